The number of alkyl halides is 1. The summed E-state index contributed by atoms with van der Waals surface area (Å²) in [6.45, 7) is 7.18. The number of piperazine rings is 1. The van der Waals surface area contributed by atoms with Gasteiger partial charge in [0.15, 0.2) is 5.82 Å². The molecular formula is C37H38F2N8O6S. The van der Waals surface area contributed by atoms with Crippen LogP contribution in [0.5, 0.6) is 6.01 Å². The monoisotopic (exact) mass is 760 g/mol. The second-order valence-electron chi connectivity index (χ2n) is 15.8. The smallest absolute Gasteiger partial charge is 0.412 e. The van der Waals surface area contributed by atoms with Gasteiger partial charge in [-0.15, -0.1) is 11.3 Å². The molecule has 2 amide bonds. The van der Waals surface area contributed by atoms with E-state index < -0.39 is 35.3 Å². The number of nitriles is 1. The number of piperidine rings is 1. The van der Waals surface area contributed by atoms with E-state index in [1.54, 1.807) is 26.8 Å². The van der Waals surface area contributed by atoms with E-state index >= 15 is 4.39 Å². The molecule has 4 atom stereocenters. The number of nitrogens with one attached hydrogen (secondary N) is 1. The predicted octanol–water partition coefficient (Wildman–Crippen LogP) is 6.19. The molecule has 2 unspecified atom stereocenters. The average molecular weight is 761 g/mol. The first-order valence-electron chi connectivity index (χ1n) is 18.1. The molecule has 3 aromatic heterocycles. The summed E-state index contributed by atoms with van der Waals surface area (Å²) >= 11 is 1.15. The molecule has 2 N–H and O–H groups in total. The number of halogens is 2. The number of carbonyl (C=O) groups excluding carboxylic acids is 1. The summed E-state index contributed by atoms with van der Waals surface area (Å²) in [5, 5.41) is 23.9. The van der Waals surface area contributed by atoms with Crippen LogP contribution in [0.15, 0.2) is 12.3 Å². The number of carbonyl (C=O) groups is 2. The molecule has 14 nitrogen and oxygen atoms in total. The second-order valence-corrected chi connectivity index (χ2v) is 16.8. The summed E-state index contributed by atoms with van der Waals surface area (Å²) in [7, 11) is 0. The molecule has 5 aliphatic rings. The number of benzene rings is 1. The second kappa shape index (κ2) is 12.6. The summed E-state index contributed by atoms with van der Waals surface area (Å²) in [5.41, 5.74) is 0.331. The van der Waals surface area contributed by atoms with Gasteiger partial charge < -0.3 is 29.1 Å². The Balaban J connectivity index is 1.20. The summed E-state index contributed by atoms with van der Waals surface area (Å²) < 4.78 is 50.6. The van der Waals surface area contributed by atoms with Crippen LogP contribution < -0.4 is 15.0 Å². The number of hydrogen-bond donors (Lipinski definition) is 2. The van der Waals surface area contributed by atoms with E-state index in [4.69, 9.17) is 24.2 Å². The first kappa shape index (κ1) is 34.8. The molecule has 1 aromatic carbocycles. The van der Waals surface area contributed by atoms with Crippen molar-refractivity contribution in [2.45, 2.75) is 89.1 Å². The van der Waals surface area contributed by atoms with Gasteiger partial charge in [0.25, 0.3) is 0 Å². The molecule has 54 heavy (non-hydrogen) atoms. The van der Waals surface area contributed by atoms with E-state index in [2.05, 4.69) is 21.3 Å². The zero-order valence-corrected chi connectivity index (χ0v) is 30.8. The lowest BCUT2D eigenvalue weighted by Gasteiger charge is -2.56. The number of fused-ring (bicyclic) bond motifs is 7. The lowest BCUT2D eigenvalue weighted by atomic mass is 9.86. The van der Waals surface area contributed by atoms with Crippen molar-refractivity contribution >= 4 is 55.3 Å². The predicted molar refractivity (Wildman–Crippen MR) is 194 cm³/mol. The highest BCUT2D eigenvalue weighted by molar-refractivity contribution is 7.23. The van der Waals surface area contributed by atoms with Crippen LogP contribution in [-0.2, 0) is 22.7 Å². The lowest BCUT2D eigenvalue weighted by Crippen LogP contribution is -2.70. The molecule has 5 aliphatic heterocycles. The highest BCUT2D eigenvalue weighted by Crippen LogP contribution is 2.49. The molecule has 4 fully saturated rings. The Morgan fingerprint density at radius 3 is 2.70 bits per heavy atom. The van der Waals surface area contributed by atoms with E-state index in [-0.39, 0.29) is 78.3 Å². The highest BCUT2D eigenvalue weighted by atomic mass is 32.1. The highest BCUT2D eigenvalue weighted by Gasteiger charge is 2.50. The summed E-state index contributed by atoms with van der Waals surface area (Å²) in [6, 6.07) is 3.45. The number of rotatable bonds is 6. The minimum absolute atomic E-state index is 0.0236. The van der Waals surface area contributed by atoms with Crippen molar-refractivity contribution in [3.8, 4) is 23.3 Å². The van der Waals surface area contributed by atoms with Gasteiger partial charge in [0.2, 0.25) is 0 Å². The molecule has 0 spiro atoms. The fraction of sp³-hybridized carbons (Fsp3) is 0.514. The number of nitrogens with zero attached hydrogens (tertiary/aromatic N) is 7. The number of likely N-dealkylation sites (tertiary alicyclic amines) is 1. The number of amides is 2. The first-order chi connectivity index (χ1) is 25.8. The Morgan fingerprint density at radius 1 is 1.19 bits per heavy atom. The van der Waals surface area contributed by atoms with Crippen LogP contribution in [0, 0.1) is 17.1 Å². The van der Waals surface area contributed by atoms with Crippen LogP contribution >= 0.6 is 11.3 Å². The topological polar surface area (TPSA) is 166 Å². The molecule has 17 heteroatoms. The van der Waals surface area contributed by atoms with Gasteiger partial charge in [-0.3, -0.25) is 15.2 Å². The standard InChI is InChI=1S/C37H38F2N8O6S/c1-36(2,3)53-34(48)44-32-21(11-40)25-24(54-32)5-7-41-29(25)26-22-15-51-16-23(22)27-30(28(26)39)42-33(52-17-37-6-4-8-46(37)12-18(38)10-37)43-31(27)47-19-9-20(47)14-45(13-19)35(49)50/h5,7,18-20H,4,6,8-10,12-17H2,1-3H3,(H,44,48)(H,49,50)/t18-,19?,20?,37+/m1/s1. The number of pyridine rings is 1. The van der Waals surface area contributed by atoms with Gasteiger partial charge in [-0.05, 0) is 63.8 Å². The van der Waals surface area contributed by atoms with Crippen LogP contribution in [0.3, 0.4) is 0 Å². The van der Waals surface area contributed by atoms with E-state index in [0.717, 1.165) is 37.1 Å². The van der Waals surface area contributed by atoms with Gasteiger partial charge in [0.1, 0.15) is 40.8 Å². The van der Waals surface area contributed by atoms with Gasteiger partial charge in [-0.1, -0.05) is 0 Å². The van der Waals surface area contributed by atoms with Gasteiger partial charge in [-0.25, -0.2) is 18.4 Å². The number of thiophene rings is 1. The quantitative estimate of drug-likeness (QED) is 0.229. The maximum absolute atomic E-state index is 17.6. The van der Waals surface area contributed by atoms with E-state index in [1.165, 1.54) is 11.1 Å². The number of hydrogen-bond acceptors (Lipinski definition) is 12. The van der Waals surface area contributed by atoms with E-state index in [1.807, 2.05) is 4.90 Å². The molecule has 8 heterocycles. The van der Waals surface area contributed by atoms with Crippen LogP contribution in [0.2, 0.25) is 0 Å². The SMILES string of the molecule is CC(C)(C)OC(=O)Nc1sc2ccnc(-c3c4c(c5c(N6C7CC6CN(C(=O)O)C7)nc(OC[C@@]67CCCN6C[C@H](F)C7)nc5c3F)COC4)c2c1C#N. The van der Waals surface area contributed by atoms with Gasteiger partial charge >= 0.3 is 18.2 Å². The van der Waals surface area contributed by atoms with Crippen molar-refractivity contribution in [2.24, 2.45) is 0 Å². The Kier molecular flexibility index (Phi) is 8.11. The third-order valence-corrected chi connectivity index (χ3v) is 12.3. The maximum Gasteiger partial charge on any atom is 0.412 e. The van der Waals surface area contributed by atoms with Crippen LogP contribution in [0.1, 0.15) is 63.1 Å². The molecule has 4 saturated heterocycles. The van der Waals surface area contributed by atoms with Crippen molar-refractivity contribution in [3.05, 3.63) is 34.8 Å². The molecule has 2 bridgehead atoms. The lowest BCUT2D eigenvalue weighted by molar-refractivity contribution is 0.0636. The van der Waals surface area contributed by atoms with Crippen molar-refractivity contribution < 1.29 is 37.7 Å². The zero-order valence-electron chi connectivity index (χ0n) is 29.9. The largest absolute Gasteiger partial charge is 0.465 e. The van der Waals surface area contributed by atoms with Gasteiger partial charge in [0.05, 0.1) is 47.5 Å². The van der Waals surface area contributed by atoms with Crippen LogP contribution in [0.4, 0.5) is 29.2 Å². The molecule has 9 rings (SSSR count). The molecule has 282 valence electrons. The fourth-order valence-electron chi connectivity index (χ4n) is 9.08. The molecule has 0 aliphatic carbocycles. The molecule has 0 radical (unpaired) electrons. The van der Waals surface area contributed by atoms with Gasteiger partial charge in [0, 0.05) is 47.9 Å². The molecule has 4 aromatic rings. The van der Waals surface area contributed by atoms with E-state index in [0.29, 0.717) is 45.4 Å². The normalized spacial score (nSPS) is 24.7. The third-order valence-electron chi connectivity index (χ3n) is 11.3. The van der Waals surface area contributed by atoms with Crippen molar-refractivity contribution in [2.75, 3.05) is 43.0 Å². The minimum atomic E-state index is -0.995. The minimum Gasteiger partial charge on any atom is -0.465 e. The Morgan fingerprint density at radius 2 is 1.96 bits per heavy atom. The number of carboxylic acid groups (broad SMARTS) is 1. The Bertz CT molecular complexity index is 2280. The fourth-order valence-corrected chi connectivity index (χ4v) is 10.1. The number of ether oxygens (including phenoxy) is 3. The molecular weight excluding hydrogens is 723 g/mol. The van der Waals surface area contributed by atoms with Crippen molar-refractivity contribution in [3.63, 3.8) is 0 Å². The maximum atomic E-state index is 17.6. The summed E-state index contributed by atoms with van der Waals surface area (Å²) in [5.74, 6) is -0.269. The van der Waals surface area contributed by atoms with Crippen LogP contribution in [-0.4, -0.2) is 104 Å². The number of anilines is 2. The Hall–Kier alpha value is -4.92. The molecule has 0 saturated carbocycles. The third kappa shape index (κ3) is 5.56. The first-order valence-corrected chi connectivity index (χ1v) is 18.9. The van der Waals surface area contributed by atoms with Crippen molar-refractivity contribution in [1.29, 1.82) is 5.26 Å². The average Bonchev–Trinajstić information content (AvgIpc) is 3.89. The summed E-state index contributed by atoms with van der Waals surface area (Å²) in [6.07, 6.45) is 1.60. The number of aromatic nitrogens is 3. The van der Waals surface area contributed by atoms with Gasteiger partial charge in [-0.2, -0.15) is 15.2 Å². The zero-order chi connectivity index (χ0) is 37.7. The summed E-state index contributed by atoms with van der Waals surface area (Å²) in [4.78, 5) is 44.4. The van der Waals surface area contributed by atoms with Crippen LogP contribution in [0.25, 0.3) is 32.2 Å². The van der Waals surface area contributed by atoms with E-state index in [9.17, 15) is 24.3 Å². The Labute approximate surface area is 312 Å². The van der Waals surface area contributed by atoms with Crippen molar-refractivity contribution in [1.82, 2.24) is 24.8 Å².